The first-order chi connectivity index (χ1) is 6.27. The molecule has 1 rings (SSSR count). The average molecular weight is 186 g/mol. The molecule has 0 radical (unpaired) electrons. The summed E-state index contributed by atoms with van der Waals surface area (Å²) in [6.07, 6.45) is 6.66. The van der Waals surface area contributed by atoms with E-state index < -0.39 is 0 Å². The van der Waals surface area contributed by atoms with Crippen LogP contribution in [0.3, 0.4) is 0 Å². The third-order valence-electron chi connectivity index (χ3n) is 3.22. The highest BCUT2D eigenvalue weighted by Gasteiger charge is 2.26. The third-order valence-corrected chi connectivity index (χ3v) is 3.22. The molecular formula is C10H22N2O. The molecule has 13 heavy (non-hydrogen) atoms. The monoisotopic (exact) mass is 186 g/mol. The fraction of sp³-hybridized carbons (Fsp3) is 1.00. The van der Waals surface area contributed by atoms with Crippen molar-refractivity contribution in [3.05, 3.63) is 0 Å². The number of hydrogen-bond donors (Lipinski definition) is 2. The molecule has 0 aromatic rings. The smallest absolute Gasteiger partial charge is 0.0543 e. The summed E-state index contributed by atoms with van der Waals surface area (Å²) in [4.78, 5) is 0. The molecule has 0 saturated heterocycles. The van der Waals surface area contributed by atoms with E-state index in [9.17, 15) is 0 Å². The summed E-state index contributed by atoms with van der Waals surface area (Å²) in [5, 5.41) is 0. The summed E-state index contributed by atoms with van der Waals surface area (Å²) in [6, 6.07) is 0.506. The SMILES string of the molecule is COC(C)CCC(NN)C1CCC1. The standard InChI is InChI=1S/C10H22N2O/c1-8(13-2)6-7-10(12-11)9-4-3-5-9/h8-10,12H,3-7,11H2,1-2H3. The number of hydrazine groups is 1. The van der Waals surface area contributed by atoms with Gasteiger partial charge in [0.05, 0.1) is 6.10 Å². The Bertz CT molecular complexity index is 137. The predicted octanol–water partition coefficient (Wildman–Crippen LogP) is 1.43. The molecule has 2 atom stereocenters. The molecule has 78 valence electrons. The minimum Gasteiger partial charge on any atom is -0.382 e. The maximum atomic E-state index is 5.52. The van der Waals surface area contributed by atoms with Crippen molar-refractivity contribution in [3.63, 3.8) is 0 Å². The maximum absolute atomic E-state index is 5.52. The van der Waals surface area contributed by atoms with Gasteiger partial charge in [0.2, 0.25) is 0 Å². The van der Waals surface area contributed by atoms with E-state index in [0.717, 1.165) is 18.8 Å². The number of nitrogens with one attached hydrogen (secondary N) is 1. The second-order valence-electron chi connectivity index (χ2n) is 4.09. The second kappa shape index (κ2) is 5.58. The van der Waals surface area contributed by atoms with E-state index in [1.807, 2.05) is 0 Å². The Morgan fingerprint density at radius 1 is 1.46 bits per heavy atom. The van der Waals surface area contributed by atoms with Crippen LogP contribution in [0.4, 0.5) is 0 Å². The number of nitrogens with two attached hydrogens (primary N) is 1. The topological polar surface area (TPSA) is 47.3 Å². The molecule has 1 fully saturated rings. The summed E-state index contributed by atoms with van der Waals surface area (Å²) >= 11 is 0. The lowest BCUT2D eigenvalue weighted by molar-refractivity contribution is 0.0987. The first kappa shape index (κ1) is 11.0. The van der Waals surface area contributed by atoms with Crippen molar-refractivity contribution in [1.29, 1.82) is 0 Å². The molecule has 1 aliphatic carbocycles. The van der Waals surface area contributed by atoms with Gasteiger partial charge in [-0.2, -0.15) is 0 Å². The van der Waals surface area contributed by atoms with Crippen LogP contribution in [0.15, 0.2) is 0 Å². The summed E-state index contributed by atoms with van der Waals surface area (Å²) in [7, 11) is 1.76. The van der Waals surface area contributed by atoms with Crippen molar-refractivity contribution in [3.8, 4) is 0 Å². The minimum atomic E-state index is 0.357. The van der Waals surface area contributed by atoms with Crippen LogP contribution in [0.5, 0.6) is 0 Å². The Labute approximate surface area is 81.0 Å². The molecule has 0 heterocycles. The molecule has 2 unspecified atom stereocenters. The van der Waals surface area contributed by atoms with Crippen LogP contribution < -0.4 is 11.3 Å². The average Bonchev–Trinajstić information content (AvgIpc) is 2.08. The lowest BCUT2D eigenvalue weighted by Gasteiger charge is -2.33. The Kier molecular flexibility index (Phi) is 4.70. The zero-order valence-corrected chi connectivity index (χ0v) is 8.75. The van der Waals surface area contributed by atoms with Gasteiger partial charge < -0.3 is 4.74 Å². The molecular weight excluding hydrogens is 164 g/mol. The molecule has 0 aromatic heterocycles. The van der Waals surface area contributed by atoms with Gasteiger partial charge in [0.15, 0.2) is 0 Å². The highest BCUT2D eigenvalue weighted by atomic mass is 16.5. The van der Waals surface area contributed by atoms with Crippen molar-refractivity contribution in [2.24, 2.45) is 11.8 Å². The molecule has 1 aliphatic rings. The fourth-order valence-electron chi connectivity index (χ4n) is 1.83. The first-order valence-corrected chi connectivity index (χ1v) is 5.26. The summed E-state index contributed by atoms with van der Waals surface area (Å²) < 4.78 is 5.21. The van der Waals surface area contributed by atoms with Crippen molar-refractivity contribution >= 4 is 0 Å². The van der Waals surface area contributed by atoms with Crippen LogP contribution >= 0.6 is 0 Å². The molecule has 1 saturated carbocycles. The van der Waals surface area contributed by atoms with E-state index in [2.05, 4.69) is 12.3 Å². The molecule has 0 aliphatic heterocycles. The second-order valence-corrected chi connectivity index (χ2v) is 4.09. The van der Waals surface area contributed by atoms with Gasteiger partial charge in [-0.25, -0.2) is 0 Å². The van der Waals surface area contributed by atoms with Crippen LogP contribution in [0.25, 0.3) is 0 Å². The van der Waals surface area contributed by atoms with Crippen LogP contribution in [-0.4, -0.2) is 19.3 Å². The first-order valence-electron chi connectivity index (χ1n) is 5.26. The summed E-state index contributed by atoms with van der Waals surface area (Å²) in [6.45, 7) is 2.11. The summed E-state index contributed by atoms with van der Waals surface area (Å²) in [5.41, 5.74) is 2.93. The molecule has 0 aromatic carbocycles. The molecule has 3 nitrogen and oxygen atoms in total. The number of rotatable bonds is 6. The van der Waals surface area contributed by atoms with Gasteiger partial charge in [-0.15, -0.1) is 0 Å². The van der Waals surface area contributed by atoms with E-state index in [-0.39, 0.29) is 0 Å². The van der Waals surface area contributed by atoms with Gasteiger partial charge in [-0.1, -0.05) is 6.42 Å². The maximum Gasteiger partial charge on any atom is 0.0543 e. The Morgan fingerprint density at radius 3 is 2.54 bits per heavy atom. The van der Waals surface area contributed by atoms with Crippen LogP contribution in [0.2, 0.25) is 0 Å². The van der Waals surface area contributed by atoms with Crippen molar-refractivity contribution < 1.29 is 4.74 Å². The summed E-state index contributed by atoms with van der Waals surface area (Å²) in [5.74, 6) is 6.33. The van der Waals surface area contributed by atoms with E-state index in [4.69, 9.17) is 10.6 Å². The van der Waals surface area contributed by atoms with E-state index in [1.54, 1.807) is 7.11 Å². The predicted molar refractivity (Wildman–Crippen MR) is 54.2 cm³/mol. The van der Waals surface area contributed by atoms with Gasteiger partial charge in [0, 0.05) is 13.2 Å². The lowest BCUT2D eigenvalue weighted by atomic mass is 9.78. The minimum absolute atomic E-state index is 0.357. The van der Waals surface area contributed by atoms with Crippen molar-refractivity contribution in [2.45, 2.75) is 51.2 Å². The number of ether oxygens (including phenoxy) is 1. The third kappa shape index (κ3) is 3.25. The largest absolute Gasteiger partial charge is 0.382 e. The highest BCUT2D eigenvalue weighted by Crippen LogP contribution is 2.31. The van der Waals surface area contributed by atoms with Crippen LogP contribution in [-0.2, 0) is 4.74 Å². The molecule has 0 amide bonds. The van der Waals surface area contributed by atoms with Crippen molar-refractivity contribution in [2.75, 3.05) is 7.11 Å². The normalized spacial score (nSPS) is 22.4. The quantitative estimate of drug-likeness (QED) is 0.487. The van der Waals surface area contributed by atoms with Gasteiger partial charge in [0.1, 0.15) is 0 Å². The van der Waals surface area contributed by atoms with Crippen LogP contribution in [0.1, 0.15) is 39.0 Å². The Hall–Kier alpha value is -0.120. The zero-order valence-electron chi connectivity index (χ0n) is 8.75. The number of hydrogen-bond acceptors (Lipinski definition) is 3. The van der Waals surface area contributed by atoms with Gasteiger partial charge in [0.25, 0.3) is 0 Å². The lowest BCUT2D eigenvalue weighted by Crippen LogP contribution is -2.43. The Morgan fingerprint density at radius 2 is 2.15 bits per heavy atom. The molecule has 3 heteroatoms. The van der Waals surface area contributed by atoms with E-state index >= 15 is 0 Å². The van der Waals surface area contributed by atoms with Gasteiger partial charge in [-0.3, -0.25) is 11.3 Å². The van der Waals surface area contributed by atoms with E-state index in [1.165, 1.54) is 19.3 Å². The zero-order chi connectivity index (χ0) is 9.68. The van der Waals surface area contributed by atoms with Gasteiger partial charge in [-0.05, 0) is 38.5 Å². The molecule has 0 spiro atoms. The van der Waals surface area contributed by atoms with Crippen molar-refractivity contribution in [1.82, 2.24) is 5.43 Å². The van der Waals surface area contributed by atoms with Crippen LogP contribution in [0, 0.1) is 5.92 Å². The number of methoxy groups -OCH3 is 1. The molecule has 3 N–H and O–H groups in total. The highest BCUT2D eigenvalue weighted by molar-refractivity contribution is 4.81. The Balaban J connectivity index is 2.15. The van der Waals surface area contributed by atoms with Gasteiger partial charge >= 0.3 is 0 Å². The van der Waals surface area contributed by atoms with E-state index in [0.29, 0.717) is 12.1 Å². The molecule has 0 bridgehead atoms. The fourth-order valence-corrected chi connectivity index (χ4v) is 1.83.